The van der Waals surface area contributed by atoms with Gasteiger partial charge in [0.15, 0.2) is 0 Å². The van der Waals surface area contributed by atoms with E-state index in [-0.39, 0.29) is 6.85 Å². The Hall–Kier alpha value is -5.65. The molecule has 2 aliphatic heterocycles. The van der Waals surface area contributed by atoms with Crippen molar-refractivity contribution >= 4 is 90.3 Å². The predicted octanol–water partition coefficient (Wildman–Crippen LogP) is 11.4. The molecule has 0 amide bonds. The minimum absolute atomic E-state index is 0.0131. The molecule has 0 spiro atoms. The van der Waals surface area contributed by atoms with Crippen LogP contribution in [-0.4, -0.2) is 17.6 Å². The van der Waals surface area contributed by atoms with Crippen LogP contribution in [0.15, 0.2) is 137 Å². The van der Waals surface area contributed by atoms with Crippen molar-refractivity contribution < 1.29 is 4.42 Å². The van der Waals surface area contributed by atoms with E-state index in [4.69, 9.17) is 4.42 Å². The number of hydrogen-bond acceptors (Lipinski definition) is 3. The first-order chi connectivity index (χ1) is 25.0. The van der Waals surface area contributed by atoms with Crippen LogP contribution in [-0.2, 0) is 0 Å². The third-order valence-electron chi connectivity index (χ3n) is 11.3. The minimum atomic E-state index is -0.0131. The first-order valence-electron chi connectivity index (χ1n) is 17.7. The standard InChI is InChI=1S/C46H33BN2OS/c1-26-22-27(2)42(28(3)23-26)29-16-18-30(19-17-29)48-39-21-20-31(51-4)24-37(39)47-44-36(25-41-43(46(44)48)35-11-6-8-15-40(35)50-41)34-13-9-12-33-32-10-5-7-14-38(32)49(47)45(33)34/h5-25H,1-4H3. The highest BCUT2D eigenvalue weighted by molar-refractivity contribution is 7.98. The van der Waals surface area contributed by atoms with Crippen molar-refractivity contribution in [2.24, 2.45) is 0 Å². The van der Waals surface area contributed by atoms with E-state index in [2.05, 4.69) is 164 Å². The van der Waals surface area contributed by atoms with Gasteiger partial charge in [-0.15, -0.1) is 11.8 Å². The highest BCUT2D eigenvalue weighted by Gasteiger charge is 2.44. The lowest BCUT2D eigenvalue weighted by Crippen LogP contribution is -2.56. The number of thioether (sulfide) groups is 1. The van der Waals surface area contributed by atoms with E-state index in [0.717, 1.165) is 27.6 Å². The van der Waals surface area contributed by atoms with Crippen LogP contribution in [0.1, 0.15) is 16.7 Å². The highest BCUT2D eigenvalue weighted by atomic mass is 32.2. The van der Waals surface area contributed by atoms with Crippen LogP contribution in [0.5, 0.6) is 0 Å². The monoisotopic (exact) mass is 672 g/mol. The zero-order valence-corrected chi connectivity index (χ0v) is 29.7. The minimum Gasteiger partial charge on any atom is -0.456 e. The Bertz CT molecular complexity index is 2930. The van der Waals surface area contributed by atoms with E-state index in [1.54, 1.807) is 11.8 Å². The van der Waals surface area contributed by atoms with Gasteiger partial charge in [-0.1, -0.05) is 84.4 Å². The number of aromatic nitrogens is 1. The molecule has 2 aliphatic rings. The van der Waals surface area contributed by atoms with Crippen molar-refractivity contribution in [2.45, 2.75) is 25.7 Å². The van der Waals surface area contributed by atoms with Gasteiger partial charge in [0.2, 0.25) is 0 Å². The van der Waals surface area contributed by atoms with Crippen LogP contribution >= 0.6 is 11.8 Å². The molecule has 0 radical (unpaired) electrons. The van der Waals surface area contributed by atoms with E-state index in [9.17, 15) is 0 Å². The summed E-state index contributed by atoms with van der Waals surface area (Å²) in [6, 6.07) is 47.5. The van der Waals surface area contributed by atoms with E-state index in [0.29, 0.717) is 0 Å². The maximum Gasteiger partial charge on any atom is 0.333 e. The topological polar surface area (TPSA) is 21.3 Å². The predicted molar refractivity (Wildman–Crippen MR) is 219 cm³/mol. The fourth-order valence-corrected chi connectivity index (χ4v) is 9.91. The molecule has 5 heteroatoms. The van der Waals surface area contributed by atoms with Crippen molar-refractivity contribution in [3.05, 3.63) is 144 Å². The summed E-state index contributed by atoms with van der Waals surface area (Å²) in [5.74, 6) is 0. The summed E-state index contributed by atoms with van der Waals surface area (Å²) in [6.45, 7) is 6.62. The number of para-hydroxylation sites is 3. The molecule has 0 N–H and O–H groups in total. The Kier molecular flexibility index (Phi) is 5.96. The normalized spacial score (nSPS) is 13.1. The molecule has 9 aromatic rings. The fraction of sp³-hybridized carbons (Fsp3) is 0.0870. The number of hydrogen-bond donors (Lipinski definition) is 0. The van der Waals surface area contributed by atoms with E-state index >= 15 is 0 Å². The fourth-order valence-electron chi connectivity index (χ4n) is 9.46. The average Bonchev–Trinajstić information content (AvgIpc) is 3.69. The molecule has 4 heterocycles. The summed E-state index contributed by atoms with van der Waals surface area (Å²) in [5, 5.41) is 4.89. The van der Waals surface area contributed by atoms with Gasteiger partial charge in [-0.3, -0.25) is 0 Å². The summed E-state index contributed by atoms with van der Waals surface area (Å²) < 4.78 is 9.38. The molecule has 0 atom stereocenters. The number of fused-ring (bicyclic) bond motifs is 11. The third kappa shape index (κ3) is 3.87. The lowest BCUT2D eigenvalue weighted by atomic mass is 9.45. The summed E-state index contributed by atoms with van der Waals surface area (Å²) in [4.78, 5) is 3.79. The molecule has 3 nitrogen and oxygen atoms in total. The molecule has 0 aliphatic carbocycles. The molecular formula is C46H33BN2OS. The first-order valence-corrected chi connectivity index (χ1v) is 18.9. The van der Waals surface area contributed by atoms with Crippen molar-refractivity contribution in [2.75, 3.05) is 11.2 Å². The number of aryl methyl sites for hydroxylation is 3. The molecule has 0 fully saturated rings. The zero-order chi connectivity index (χ0) is 34.1. The van der Waals surface area contributed by atoms with Crippen LogP contribution in [0.4, 0.5) is 17.1 Å². The third-order valence-corrected chi connectivity index (χ3v) is 12.0. The molecule has 11 rings (SSSR count). The van der Waals surface area contributed by atoms with Gasteiger partial charge in [-0.2, -0.15) is 0 Å². The highest BCUT2D eigenvalue weighted by Crippen LogP contribution is 2.50. The lowest BCUT2D eigenvalue weighted by molar-refractivity contribution is 0.669. The maximum absolute atomic E-state index is 6.75. The van der Waals surface area contributed by atoms with Crippen LogP contribution in [0.25, 0.3) is 66.0 Å². The van der Waals surface area contributed by atoms with Gasteiger partial charge in [0.1, 0.15) is 11.2 Å². The number of anilines is 3. The second-order valence-corrected chi connectivity index (χ2v) is 15.1. The van der Waals surface area contributed by atoms with Crippen molar-refractivity contribution in [1.29, 1.82) is 0 Å². The molecule has 7 aromatic carbocycles. The quantitative estimate of drug-likeness (QED) is 0.138. The molecule has 0 saturated heterocycles. The lowest BCUT2D eigenvalue weighted by Gasteiger charge is -2.41. The number of furan rings is 1. The van der Waals surface area contributed by atoms with Crippen LogP contribution in [0.2, 0.25) is 0 Å². The molecule has 0 saturated carbocycles. The SMILES string of the molecule is CSc1ccc2c(c1)B1c3c(cc4oc5ccccc5c4c3N2c2ccc(-c3c(C)cc(C)cc3C)cc2)-c2cccc3c4ccccc4n1c23. The van der Waals surface area contributed by atoms with Gasteiger partial charge in [0.25, 0.3) is 0 Å². The van der Waals surface area contributed by atoms with Gasteiger partial charge in [0.05, 0.1) is 11.1 Å². The smallest absolute Gasteiger partial charge is 0.333 e. The molecule has 0 unspecified atom stereocenters. The van der Waals surface area contributed by atoms with Gasteiger partial charge in [0, 0.05) is 49.0 Å². The van der Waals surface area contributed by atoms with Gasteiger partial charge >= 0.3 is 6.85 Å². The Balaban J connectivity index is 1.28. The summed E-state index contributed by atoms with van der Waals surface area (Å²) in [5.41, 5.74) is 19.6. The summed E-state index contributed by atoms with van der Waals surface area (Å²) >= 11 is 1.80. The van der Waals surface area contributed by atoms with Crippen molar-refractivity contribution in [1.82, 2.24) is 4.48 Å². The Morgan fingerprint density at radius 2 is 1.39 bits per heavy atom. The number of nitrogens with zero attached hydrogens (tertiary/aromatic N) is 2. The number of rotatable bonds is 3. The second-order valence-electron chi connectivity index (χ2n) is 14.2. The molecule has 2 aromatic heterocycles. The molecule has 0 bridgehead atoms. The molecule has 51 heavy (non-hydrogen) atoms. The van der Waals surface area contributed by atoms with Gasteiger partial charge in [-0.25, -0.2) is 0 Å². The second kappa shape index (κ2) is 10.4. The van der Waals surface area contributed by atoms with Crippen LogP contribution < -0.4 is 15.8 Å². The number of benzene rings is 7. The van der Waals surface area contributed by atoms with Gasteiger partial charge < -0.3 is 13.8 Å². The largest absolute Gasteiger partial charge is 0.456 e. The first kappa shape index (κ1) is 29.1. The van der Waals surface area contributed by atoms with Crippen LogP contribution in [0, 0.1) is 20.8 Å². The van der Waals surface area contributed by atoms with Gasteiger partial charge in [-0.05, 0) is 114 Å². The van der Waals surface area contributed by atoms with Crippen LogP contribution in [0.3, 0.4) is 0 Å². The van der Waals surface area contributed by atoms with E-state index in [1.165, 1.54) is 87.9 Å². The van der Waals surface area contributed by atoms with Crippen molar-refractivity contribution in [3.8, 4) is 22.3 Å². The van der Waals surface area contributed by atoms with E-state index < -0.39 is 0 Å². The van der Waals surface area contributed by atoms with E-state index in [1.807, 2.05) is 0 Å². The Morgan fingerprint density at radius 1 is 0.647 bits per heavy atom. The average molecular weight is 673 g/mol. The van der Waals surface area contributed by atoms with Crippen molar-refractivity contribution in [3.63, 3.8) is 0 Å². The summed E-state index contributed by atoms with van der Waals surface area (Å²) in [6.07, 6.45) is 2.18. The zero-order valence-electron chi connectivity index (χ0n) is 28.9. The Labute approximate surface area is 301 Å². The maximum atomic E-state index is 6.75. The molecule has 242 valence electrons. The summed E-state index contributed by atoms with van der Waals surface area (Å²) in [7, 11) is 0. The Morgan fingerprint density at radius 3 is 2.20 bits per heavy atom. The molecular weight excluding hydrogens is 639 g/mol.